The Hall–Kier alpha value is -5.16. The zero-order chi connectivity index (χ0) is 49.4. The number of Topliss-reactive ketones (excluding diaryl/α,β-unsaturated/α-hetero) is 1. The number of pyridine rings is 1. The molecule has 0 radical (unpaired) electrons. The van der Waals surface area contributed by atoms with Crippen LogP contribution in [0.4, 0.5) is 19.3 Å². The van der Waals surface area contributed by atoms with Gasteiger partial charge >= 0.3 is 18.0 Å². The summed E-state index contributed by atoms with van der Waals surface area (Å²) >= 11 is 0. The van der Waals surface area contributed by atoms with Crippen molar-refractivity contribution >= 4 is 46.2 Å². The second-order valence-electron chi connectivity index (χ2n) is 21.6. The van der Waals surface area contributed by atoms with E-state index in [4.69, 9.17) is 18.9 Å². The van der Waals surface area contributed by atoms with Gasteiger partial charge in [0, 0.05) is 60.6 Å². The average molecular weight is 948 g/mol. The minimum Gasteiger partial charge on any atom is -0.492 e. The van der Waals surface area contributed by atoms with Crippen LogP contribution >= 0.6 is 0 Å². The molecule has 1 aromatic carbocycles. The topological polar surface area (TPSA) is 191 Å². The van der Waals surface area contributed by atoms with E-state index in [-0.39, 0.29) is 71.3 Å². The Kier molecular flexibility index (Phi) is 11.4. The number of ketones is 2. The number of fused-ring (bicyclic) bond motifs is 7. The van der Waals surface area contributed by atoms with Gasteiger partial charge in [0.05, 0.1) is 30.2 Å². The summed E-state index contributed by atoms with van der Waals surface area (Å²) in [6.45, 7) is 12.5. The van der Waals surface area contributed by atoms with E-state index in [0.717, 1.165) is 6.42 Å². The van der Waals surface area contributed by atoms with Gasteiger partial charge in [-0.15, -0.1) is 0 Å². The van der Waals surface area contributed by atoms with E-state index in [1.54, 1.807) is 38.7 Å². The number of hydrogen-bond acceptors (Lipinski definition) is 13. The molecule has 4 saturated carbocycles. The number of carbonyl (C=O) groups excluding carboxylic acids is 5. The Morgan fingerprint density at radius 1 is 1.01 bits per heavy atom. The number of halogens is 2. The van der Waals surface area contributed by atoms with Crippen LogP contribution in [0.5, 0.6) is 5.75 Å². The predicted octanol–water partition coefficient (Wildman–Crippen LogP) is 6.51. The van der Waals surface area contributed by atoms with Crippen molar-refractivity contribution in [2.75, 3.05) is 38.4 Å². The molecule has 2 saturated heterocycles. The smallest absolute Gasteiger partial charge is 0.412 e. The number of benzene rings is 1. The molecule has 5 aliphatic carbocycles. The molecule has 6 fully saturated rings. The Morgan fingerprint density at radius 2 is 1.72 bits per heavy atom. The van der Waals surface area contributed by atoms with Gasteiger partial charge < -0.3 is 43.5 Å². The van der Waals surface area contributed by atoms with E-state index in [0.29, 0.717) is 56.3 Å². The van der Waals surface area contributed by atoms with Crippen LogP contribution in [0.15, 0.2) is 28.6 Å². The van der Waals surface area contributed by atoms with Crippen molar-refractivity contribution < 1.29 is 61.9 Å². The molecule has 2 N–H and O–H groups in total. The summed E-state index contributed by atoms with van der Waals surface area (Å²) in [4.78, 5) is 84.7. The van der Waals surface area contributed by atoms with Crippen LogP contribution in [0.25, 0.3) is 10.9 Å². The highest BCUT2D eigenvalue weighted by Crippen LogP contribution is 2.71. The SMILES string of the molecule is COc1c(N2CC3CCCN(C(=O)OCOC(C)=O)C3C2)c(F)c(C)c2c(=O)c(C(=O)OC(C)(C)C(=O)[C@@]3(O)[C@@H](C)C[C@H]4[C@@H]5CCC6=CC(=O)C=C[C@]6(C)[C@@]5(F)[C@@H](O)C[C@@]43C)c(C)n(C3CC3)c12. The minimum absolute atomic E-state index is 0.0329. The van der Waals surface area contributed by atoms with Gasteiger partial charge in [-0.05, 0) is 116 Å². The maximum absolute atomic E-state index is 17.9. The number of methoxy groups -OCH3 is 1. The van der Waals surface area contributed by atoms with Crippen LogP contribution in [0.1, 0.15) is 121 Å². The first-order chi connectivity index (χ1) is 31.9. The van der Waals surface area contributed by atoms with Gasteiger partial charge in [-0.2, -0.15) is 0 Å². The fraction of sp³-hybridized carbons (Fsp3) is 0.647. The Morgan fingerprint density at radius 3 is 2.38 bits per heavy atom. The maximum atomic E-state index is 17.9. The number of hydrogen-bond donors (Lipinski definition) is 2. The van der Waals surface area contributed by atoms with Crippen LogP contribution in [0.2, 0.25) is 0 Å². The number of esters is 2. The molecule has 17 heteroatoms. The molecular weight excluding hydrogens is 885 g/mol. The summed E-state index contributed by atoms with van der Waals surface area (Å²) in [7, 11) is 1.39. The summed E-state index contributed by atoms with van der Waals surface area (Å²) in [5, 5.41) is 24.7. The van der Waals surface area contributed by atoms with Gasteiger partial charge in [-0.25, -0.2) is 18.4 Å². The molecule has 0 spiro atoms. The molecule has 1 aromatic heterocycles. The highest BCUT2D eigenvalue weighted by molar-refractivity contribution is 6.03. The second kappa shape index (κ2) is 16.2. The van der Waals surface area contributed by atoms with Crippen molar-refractivity contribution in [3.8, 4) is 5.75 Å². The van der Waals surface area contributed by atoms with Gasteiger partial charge in [-0.1, -0.05) is 25.5 Å². The normalized spacial score (nSPS) is 34.1. The molecule has 15 nitrogen and oxygen atoms in total. The summed E-state index contributed by atoms with van der Waals surface area (Å²) in [6, 6.07) is -0.545. The lowest BCUT2D eigenvalue weighted by Crippen LogP contribution is -2.70. The second-order valence-corrected chi connectivity index (χ2v) is 21.6. The first-order valence-electron chi connectivity index (χ1n) is 24.0. The summed E-state index contributed by atoms with van der Waals surface area (Å²) in [5.74, 6) is -5.63. The van der Waals surface area contributed by atoms with E-state index >= 15 is 13.6 Å². The lowest BCUT2D eigenvalue weighted by Gasteiger charge is -2.62. The molecule has 10 atom stereocenters. The third kappa shape index (κ3) is 6.66. The van der Waals surface area contributed by atoms with Crippen LogP contribution in [-0.2, 0) is 28.6 Å². The summed E-state index contributed by atoms with van der Waals surface area (Å²) in [5.41, 5.74) is -9.10. The number of carbonyl (C=O) groups is 5. The molecule has 368 valence electrons. The van der Waals surface area contributed by atoms with Gasteiger partial charge in [0.25, 0.3) is 0 Å². The third-order valence-corrected chi connectivity index (χ3v) is 17.6. The fourth-order valence-electron chi connectivity index (χ4n) is 14.0. The number of aliphatic hydroxyl groups is 2. The third-order valence-electron chi connectivity index (χ3n) is 17.6. The number of aliphatic hydroxyl groups excluding tert-OH is 1. The van der Waals surface area contributed by atoms with Crippen LogP contribution in [0, 0.1) is 54.2 Å². The number of piperidine rings is 1. The van der Waals surface area contributed by atoms with Crippen molar-refractivity contribution in [2.45, 2.75) is 142 Å². The lowest BCUT2D eigenvalue weighted by molar-refractivity contribution is -0.223. The number of ether oxygens (including phenoxy) is 4. The number of amides is 1. The van der Waals surface area contributed by atoms with Crippen molar-refractivity contribution in [3.63, 3.8) is 0 Å². The van der Waals surface area contributed by atoms with Crippen molar-refractivity contribution in [1.29, 1.82) is 0 Å². The maximum Gasteiger partial charge on any atom is 0.412 e. The number of alkyl halides is 1. The molecule has 68 heavy (non-hydrogen) atoms. The molecule has 9 rings (SSSR count). The number of aromatic nitrogens is 1. The molecule has 2 unspecified atom stereocenters. The molecule has 3 heterocycles. The Bertz CT molecular complexity index is 2670. The number of nitrogens with zero attached hydrogens (tertiary/aromatic N) is 3. The zero-order valence-electron chi connectivity index (χ0n) is 40.3. The van der Waals surface area contributed by atoms with E-state index < -0.39 is 99.0 Å². The quantitative estimate of drug-likeness (QED) is 0.205. The predicted molar refractivity (Wildman–Crippen MR) is 243 cm³/mol. The first-order valence-corrected chi connectivity index (χ1v) is 24.0. The number of aryl methyl sites for hydroxylation is 1. The number of likely N-dealkylation sites (tertiary alicyclic amines) is 1. The van der Waals surface area contributed by atoms with Gasteiger partial charge in [-0.3, -0.25) is 19.2 Å². The Balaban J connectivity index is 1.04. The van der Waals surface area contributed by atoms with Crippen molar-refractivity contribution in [3.05, 3.63) is 56.7 Å². The van der Waals surface area contributed by atoms with Gasteiger partial charge in [0.15, 0.2) is 28.6 Å². The summed E-state index contributed by atoms with van der Waals surface area (Å²) < 4.78 is 59.0. The standard InChI is InChI=1S/C51H63F2N3O12/c1-25-19-34-33-15-12-30-20-32(58)16-17-48(30,7)50(33,53)36(59)21-49(34,8)51(25,64)45(62)47(5,6)68-44(61)38-27(3)56(31-13-14-31)40-37(42(38)60)26(2)39(52)41(43(40)65-9)54-22-29-11-10-18-55(35(29)23-54)46(63)67-24-66-28(4)57/h16-17,20,25,29,31,33-36,59,64H,10-15,18-19,21-24H2,1-9H3/t25-,29?,33-,34-,35?,36-,48-,49-,50-,51-/m0/s1. The van der Waals surface area contributed by atoms with Crippen LogP contribution < -0.4 is 15.1 Å². The molecule has 7 aliphatic rings. The van der Waals surface area contributed by atoms with Crippen molar-refractivity contribution in [1.82, 2.24) is 9.47 Å². The van der Waals surface area contributed by atoms with Gasteiger partial charge in [0.1, 0.15) is 16.9 Å². The first kappa shape index (κ1) is 47.9. The molecule has 2 aliphatic heterocycles. The van der Waals surface area contributed by atoms with Crippen LogP contribution in [0.3, 0.4) is 0 Å². The molecule has 0 bridgehead atoms. The summed E-state index contributed by atoms with van der Waals surface area (Å²) in [6.07, 6.45) is 5.53. The molecule has 2 aromatic rings. The lowest BCUT2D eigenvalue weighted by atomic mass is 9.44. The monoisotopic (exact) mass is 947 g/mol. The zero-order valence-corrected chi connectivity index (χ0v) is 40.3. The van der Waals surface area contributed by atoms with E-state index in [2.05, 4.69) is 0 Å². The highest BCUT2D eigenvalue weighted by Gasteiger charge is 2.76. The number of rotatable bonds is 9. The van der Waals surface area contributed by atoms with Crippen molar-refractivity contribution in [2.24, 2.45) is 34.5 Å². The minimum atomic E-state index is -2.20. The molecular formula is C51H63F2N3O12. The number of allylic oxidation sites excluding steroid dienone is 4. The highest BCUT2D eigenvalue weighted by atomic mass is 19.1. The average Bonchev–Trinajstić information content (AvgIpc) is 3.98. The molecule has 1 amide bonds. The van der Waals surface area contributed by atoms with E-state index in [1.165, 1.54) is 47.0 Å². The number of anilines is 1. The van der Waals surface area contributed by atoms with E-state index in [9.17, 15) is 34.2 Å². The van der Waals surface area contributed by atoms with E-state index in [1.807, 2.05) is 9.47 Å². The largest absolute Gasteiger partial charge is 0.492 e. The van der Waals surface area contributed by atoms with Crippen LogP contribution in [-0.4, -0.2) is 112 Å². The fourth-order valence-corrected chi connectivity index (χ4v) is 14.0. The Labute approximate surface area is 393 Å². The van der Waals surface area contributed by atoms with Gasteiger partial charge in [0.2, 0.25) is 18.0 Å².